The summed E-state index contributed by atoms with van der Waals surface area (Å²) in [6, 6.07) is 16.1. The van der Waals surface area contributed by atoms with Crippen LogP contribution < -0.4 is 4.74 Å². The summed E-state index contributed by atoms with van der Waals surface area (Å²) in [5.74, 6) is 0.499. The molecule has 0 bridgehead atoms. The number of amides is 2. The summed E-state index contributed by atoms with van der Waals surface area (Å²) in [6.45, 7) is 5.51. The van der Waals surface area contributed by atoms with Crippen molar-refractivity contribution in [2.75, 3.05) is 26.2 Å². The molecule has 1 heterocycles. The fourth-order valence-electron chi connectivity index (χ4n) is 3.10. The molecule has 0 spiro atoms. The SMILES string of the molecule is CC(C)(Oc1ccc(Cl)cc1)C(=O)N1CCN(C(=O)c2ccccc2)CC1. The molecule has 3 rings (SSSR count). The highest BCUT2D eigenvalue weighted by atomic mass is 35.5. The van der Waals surface area contributed by atoms with E-state index in [-0.39, 0.29) is 11.8 Å². The molecule has 2 aromatic carbocycles. The molecular formula is C21H23ClN2O3. The molecule has 1 aliphatic rings. The third kappa shape index (κ3) is 4.61. The van der Waals surface area contributed by atoms with Crippen LogP contribution in [0.1, 0.15) is 24.2 Å². The first kappa shape index (κ1) is 19.2. The molecule has 27 heavy (non-hydrogen) atoms. The van der Waals surface area contributed by atoms with Gasteiger partial charge in [-0.25, -0.2) is 0 Å². The van der Waals surface area contributed by atoms with E-state index in [0.717, 1.165) is 0 Å². The predicted molar refractivity (Wildman–Crippen MR) is 105 cm³/mol. The first-order chi connectivity index (χ1) is 12.9. The zero-order valence-corrected chi connectivity index (χ0v) is 16.3. The van der Waals surface area contributed by atoms with Crippen molar-refractivity contribution >= 4 is 23.4 Å². The molecule has 0 aromatic heterocycles. The first-order valence-electron chi connectivity index (χ1n) is 8.95. The van der Waals surface area contributed by atoms with Gasteiger partial charge in [0.1, 0.15) is 5.75 Å². The zero-order valence-electron chi connectivity index (χ0n) is 15.5. The van der Waals surface area contributed by atoms with Crippen molar-refractivity contribution in [3.05, 3.63) is 65.2 Å². The van der Waals surface area contributed by atoms with Gasteiger partial charge in [0.2, 0.25) is 0 Å². The van der Waals surface area contributed by atoms with E-state index in [0.29, 0.717) is 42.5 Å². The van der Waals surface area contributed by atoms with Gasteiger partial charge in [0, 0.05) is 36.8 Å². The van der Waals surface area contributed by atoms with Gasteiger partial charge in [-0.1, -0.05) is 29.8 Å². The van der Waals surface area contributed by atoms with Crippen LogP contribution >= 0.6 is 11.6 Å². The highest BCUT2D eigenvalue weighted by molar-refractivity contribution is 6.30. The van der Waals surface area contributed by atoms with E-state index in [1.165, 1.54) is 0 Å². The molecule has 1 fully saturated rings. The lowest BCUT2D eigenvalue weighted by Gasteiger charge is -2.38. The number of carbonyl (C=O) groups excluding carboxylic acids is 2. The molecule has 0 radical (unpaired) electrons. The van der Waals surface area contributed by atoms with Crippen LogP contribution in [-0.2, 0) is 4.79 Å². The van der Waals surface area contributed by atoms with Crippen molar-refractivity contribution in [3.8, 4) is 5.75 Å². The molecule has 6 heteroatoms. The molecule has 2 aromatic rings. The largest absolute Gasteiger partial charge is 0.478 e. The monoisotopic (exact) mass is 386 g/mol. The van der Waals surface area contributed by atoms with E-state index in [1.807, 2.05) is 30.3 Å². The maximum absolute atomic E-state index is 12.9. The second kappa shape index (κ2) is 8.01. The standard InChI is InChI=1S/C21H23ClN2O3/c1-21(2,27-18-10-8-17(22)9-11-18)20(26)24-14-12-23(13-15-24)19(25)16-6-4-3-5-7-16/h3-11H,12-15H2,1-2H3. The van der Waals surface area contributed by atoms with Gasteiger partial charge in [-0.2, -0.15) is 0 Å². The van der Waals surface area contributed by atoms with E-state index >= 15 is 0 Å². The number of ether oxygens (including phenoxy) is 1. The number of rotatable bonds is 4. The van der Waals surface area contributed by atoms with Gasteiger partial charge in [-0.3, -0.25) is 9.59 Å². The lowest BCUT2D eigenvalue weighted by molar-refractivity contribution is -0.147. The van der Waals surface area contributed by atoms with Crippen molar-refractivity contribution < 1.29 is 14.3 Å². The minimum absolute atomic E-state index is 0.000580. The van der Waals surface area contributed by atoms with Crippen LogP contribution in [0.5, 0.6) is 5.75 Å². The molecule has 0 atom stereocenters. The van der Waals surface area contributed by atoms with Crippen molar-refractivity contribution in [1.82, 2.24) is 9.80 Å². The van der Waals surface area contributed by atoms with E-state index < -0.39 is 5.60 Å². The Morgan fingerprint density at radius 1 is 0.889 bits per heavy atom. The summed E-state index contributed by atoms with van der Waals surface area (Å²) < 4.78 is 5.89. The fraction of sp³-hybridized carbons (Fsp3) is 0.333. The number of nitrogens with zero attached hydrogens (tertiary/aromatic N) is 2. The normalized spacial score (nSPS) is 14.8. The molecule has 0 unspecified atom stereocenters. The smallest absolute Gasteiger partial charge is 0.266 e. The maximum atomic E-state index is 12.9. The number of piperazine rings is 1. The number of benzene rings is 2. The summed E-state index contributed by atoms with van der Waals surface area (Å²) in [6.07, 6.45) is 0. The maximum Gasteiger partial charge on any atom is 0.266 e. The number of hydrogen-bond donors (Lipinski definition) is 0. The Bertz CT molecular complexity index is 798. The third-order valence-electron chi connectivity index (χ3n) is 4.58. The van der Waals surface area contributed by atoms with Crippen LogP contribution in [-0.4, -0.2) is 53.4 Å². The Balaban J connectivity index is 1.58. The van der Waals surface area contributed by atoms with Gasteiger partial charge in [0.05, 0.1) is 0 Å². The van der Waals surface area contributed by atoms with Crippen LogP contribution in [0.15, 0.2) is 54.6 Å². The molecule has 2 amide bonds. The number of halogens is 1. The average Bonchev–Trinajstić information content (AvgIpc) is 2.69. The van der Waals surface area contributed by atoms with Gasteiger partial charge >= 0.3 is 0 Å². The molecule has 142 valence electrons. The van der Waals surface area contributed by atoms with Crippen LogP contribution in [0.4, 0.5) is 0 Å². The van der Waals surface area contributed by atoms with Crippen LogP contribution in [0.25, 0.3) is 0 Å². The summed E-state index contributed by atoms with van der Waals surface area (Å²) in [7, 11) is 0. The Kier molecular flexibility index (Phi) is 5.71. The lowest BCUT2D eigenvalue weighted by Crippen LogP contribution is -2.56. The molecular weight excluding hydrogens is 364 g/mol. The van der Waals surface area contributed by atoms with Crippen molar-refractivity contribution in [1.29, 1.82) is 0 Å². The van der Waals surface area contributed by atoms with Crippen molar-refractivity contribution in [3.63, 3.8) is 0 Å². The van der Waals surface area contributed by atoms with E-state index in [9.17, 15) is 9.59 Å². The molecule has 1 saturated heterocycles. The molecule has 1 aliphatic heterocycles. The quantitative estimate of drug-likeness (QED) is 0.808. The number of hydrogen-bond acceptors (Lipinski definition) is 3. The van der Waals surface area contributed by atoms with E-state index in [2.05, 4.69) is 0 Å². The molecule has 0 aliphatic carbocycles. The third-order valence-corrected chi connectivity index (χ3v) is 4.83. The lowest BCUT2D eigenvalue weighted by atomic mass is 10.1. The second-order valence-corrected chi connectivity index (χ2v) is 7.45. The Labute approximate surface area is 164 Å². The van der Waals surface area contributed by atoms with Gasteiger partial charge in [0.15, 0.2) is 5.60 Å². The summed E-state index contributed by atoms with van der Waals surface area (Å²) in [5.41, 5.74) is -0.330. The Hall–Kier alpha value is -2.53. The zero-order chi connectivity index (χ0) is 19.4. The average molecular weight is 387 g/mol. The van der Waals surface area contributed by atoms with Gasteiger partial charge in [-0.05, 0) is 50.2 Å². The van der Waals surface area contributed by atoms with Gasteiger partial charge < -0.3 is 14.5 Å². The van der Waals surface area contributed by atoms with Crippen LogP contribution in [0.2, 0.25) is 5.02 Å². The highest BCUT2D eigenvalue weighted by Gasteiger charge is 2.36. The van der Waals surface area contributed by atoms with Crippen LogP contribution in [0.3, 0.4) is 0 Å². The highest BCUT2D eigenvalue weighted by Crippen LogP contribution is 2.23. The Morgan fingerprint density at radius 3 is 2.04 bits per heavy atom. The van der Waals surface area contributed by atoms with Crippen molar-refractivity contribution in [2.45, 2.75) is 19.4 Å². The van der Waals surface area contributed by atoms with Crippen molar-refractivity contribution in [2.24, 2.45) is 0 Å². The molecule has 5 nitrogen and oxygen atoms in total. The van der Waals surface area contributed by atoms with Gasteiger partial charge in [-0.15, -0.1) is 0 Å². The topological polar surface area (TPSA) is 49.9 Å². The van der Waals surface area contributed by atoms with E-state index in [1.54, 1.807) is 47.9 Å². The second-order valence-electron chi connectivity index (χ2n) is 7.02. The number of carbonyl (C=O) groups is 2. The first-order valence-corrected chi connectivity index (χ1v) is 9.33. The summed E-state index contributed by atoms with van der Waals surface area (Å²) in [4.78, 5) is 29.0. The predicted octanol–water partition coefficient (Wildman–Crippen LogP) is 3.48. The summed E-state index contributed by atoms with van der Waals surface area (Å²) >= 11 is 5.89. The summed E-state index contributed by atoms with van der Waals surface area (Å²) in [5, 5.41) is 0.616. The molecule has 0 N–H and O–H groups in total. The molecule has 0 saturated carbocycles. The minimum Gasteiger partial charge on any atom is -0.478 e. The fourth-order valence-corrected chi connectivity index (χ4v) is 3.22. The van der Waals surface area contributed by atoms with Gasteiger partial charge in [0.25, 0.3) is 11.8 Å². The van der Waals surface area contributed by atoms with Crippen LogP contribution in [0, 0.1) is 0 Å². The van der Waals surface area contributed by atoms with E-state index in [4.69, 9.17) is 16.3 Å². The minimum atomic E-state index is -1.00. The Morgan fingerprint density at radius 2 is 1.44 bits per heavy atom.